The smallest absolute Gasteiger partial charge is 0.125 e. The molecule has 1 aromatic heterocycles. The molecule has 16 heavy (non-hydrogen) atoms. The lowest BCUT2D eigenvalue weighted by molar-refractivity contribution is 0.205. The van der Waals surface area contributed by atoms with E-state index in [1.54, 1.807) is 0 Å². The first-order valence-electron chi connectivity index (χ1n) is 6.12. The lowest BCUT2D eigenvalue weighted by atomic mass is 10.1. The summed E-state index contributed by atoms with van der Waals surface area (Å²) in [6.07, 6.45) is 4.58. The van der Waals surface area contributed by atoms with Gasteiger partial charge in [-0.2, -0.15) is 0 Å². The maximum absolute atomic E-state index is 4.40. The van der Waals surface area contributed by atoms with Crippen LogP contribution in [0.3, 0.4) is 0 Å². The molecule has 1 atom stereocenters. The van der Waals surface area contributed by atoms with Crippen molar-refractivity contribution in [1.29, 1.82) is 0 Å². The van der Waals surface area contributed by atoms with Crippen molar-refractivity contribution in [2.45, 2.75) is 38.8 Å². The van der Waals surface area contributed by atoms with Crippen LogP contribution in [0, 0.1) is 0 Å². The van der Waals surface area contributed by atoms with Gasteiger partial charge in [-0.15, -0.1) is 0 Å². The summed E-state index contributed by atoms with van der Waals surface area (Å²) in [6, 6.07) is 5.45. The molecule has 0 bridgehead atoms. The molecule has 1 aromatic rings. The van der Waals surface area contributed by atoms with Gasteiger partial charge in [0.2, 0.25) is 0 Å². The molecule has 0 radical (unpaired) electrons. The number of hydrogen-bond donors (Lipinski definition) is 1. The van der Waals surface area contributed by atoms with E-state index in [9.17, 15) is 0 Å². The van der Waals surface area contributed by atoms with Crippen LogP contribution >= 0.6 is 0 Å². The first-order chi connectivity index (χ1) is 7.72. The molecular formula is C13H21N3. The maximum atomic E-state index is 4.40. The number of rotatable bonds is 3. The Morgan fingerprint density at radius 2 is 2.25 bits per heavy atom. The van der Waals surface area contributed by atoms with Crippen LogP contribution in [0.15, 0.2) is 18.3 Å². The first kappa shape index (κ1) is 11.4. The summed E-state index contributed by atoms with van der Waals surface area (Å²) in [5, 5.41) is 3.05. The Bertz CT molecular complexity index is 332. The summed E-state index contributed by atoms with van der Waals surface area (Å²) in [4.78, 5) is 6.96. The quantitative estimate of drug-likeness (QED) is 0.847. The minimum absolute atomic E-state index is 0.568. The van der Waals surface area contributed by atoms with Crippen LogP contribution in [-0.2, 0) is 0 Å². The zero-order valence-corrected chi connectivity index (χ0v) is 10.4. The van der Waals surface area contributed by atoms with Crippen molar-refractivity contribution in [1.82, 2.24) is 9.88 Å². The fourth-order valence-corrected chi connectivity index (χ4v) is 2.52. The van der Waals surface area contributed by atoms with Gasteiger partial charge in [-0.25, -0.2) is 4.98 Å². The van der Waals surface area contributed by atoms with Crippen molar-refractivity contribution in [3.05, 3.63) is 23.9 Å². The highest BCUT2D eigenvalue weighted by Crippen LogP contribution is 2.33. The van der Waals surface area contributed by atoms with Gasteiger partial charge in [-0.1, -0.05) is 6.07 Å². The van der Waals surface area contributed by atoms with Crippen molar-refractivity contribution in [3.8, 4) is 0 Å². The van der Waals surface area contributed by atoms with E-state index in [0.29, 0.717) is 12.1 Å². The fourth-order valence-electron chi connectivity index (χ4n) is 2.52. The van der Waals surface area contributed by atoms with Crippen LogP contribution in [0.1, 0.15) is 38.3 Å². The van der Waals surface area contributed by atoms with Crippen LogP contribution in [-0.4, -0.2) is 29.5 Å². The third-order valence-electron chi connectivity index (χ3n) is 3.38. The molecular weight excluding hydrogens is 198 g/mol. The second kappa shape index (κ2) is 4.83. The van der Waals surface area contributed by atoms with E-state index < -0.39 is 0 Å². The Hall–Kier alpha value is -1.09. The third-order valence-corrected chi connectivity index (χ3v) is 3.38. The summed E-state index contributed by atoms with van der Waals surface area (Å²) in [6.45, 7) is 5.76. The van der Waals surface area contributed by atoms with Gasteiger partial charge < -0.3 is 5.32 Å². The van der Waals surface area contributed by atoms with Gasteiger partial charge in [0.25, 0.3) is 0 Å². The average Bonchev–Trinajstić information content (AvgIpc) is 2.78. The molecule has 88 valence electrons. The standard InChI is InChI=1S/C13H21N3/c1-10(2)16-8-4-5-12(16)11-6-7-13(14-3)15-9-11/h6-7,9-10,12H,4-5,8H2,1-3H3,(H,14,15)/t12-/m1/s1. The Morgan fingerprint density at radius 1 is 1.44 bits per heavy atom. The van der Waals surface area contributed by atoms with E-state index in [0.717, 1.165) is 5.82 Å². The molecule has 1 aliphatic rings. The molecule has 2 heterocycles. The van der Waals surface area contributed by atoms with Crippen molar-refractivity contribution < 1.29 is 0 Å². The van der Waals surface area contributed by atoms with Gasteiger partial charge in [0.15, 0.2) is 0 Å². The molecule has 0 amide bonds. The Kier molecular flexibility index (Phi) is 3.44. The summed E-state index contributed by atoms with van der Waals surface area (Å²) in [7, 11) is 1.90. The molecule has 0 aromatic carbocycles. The molecule has 0 aliphatic carbocycles. The van der Waals surface area contributed by atoms with Gasteiger partial charge >= 0.3 is 0 Å². The van der Waals surface area contributed by atoms with E-state index >= 15 is 0 Å². The molecule has 3 heteroatoms. The lowest BCUT2D eigenvalue weighted by Gasteiger charge is -2.28. The number of nitrogens with zero attached hydrogens (tertiary/aromatic N) is 2. The second-order valence-corrected chi connectivity index (χ2v) is 4.72. The number of pyridine rings is 1. The van der Waals surface area contributed by atoms with Crippen LogP contribution in [0.5, 0.6) is 0 Å². The predicted molar refractivity (Wildman–Crippen MR) is 67.6 cm³/mol. The highest BCUT2D eigenvalue weighted by atomic mass is 15.2. The summed E-state index contributed by atoms with van der Waals surface area (Å²) in [5.41, 5.74) is 1.35. The van der Waals surface area contributed by atoms with Crippen molar-refractivity contribution in [3.63, 3.8) is 0 Å². The van der Waals surface area contributed by atoms with Crippen LogP contribution in [0.4, 0.5) is 5.82 Å². The molecule has 0 spiro atoms. The topological polar surface area (TPSA) is 28.2 Å². The van der Waals surface area contributed by atoms with E-state index in [1.807, 2.05) is 13.2 Å². The molecule has 3 nitrogen and oxygen atoms in total. The number of aromatic nitrogens is 1. The van der Waals surface area contributed by atoms with E-state index in [2.05, 4.69) is 41.2 Å². The molecule has 0 saturated carbocycles. The van der Waals surface area contributed by atoms with Gasteiger partial charge in [0.05, 0.1) is 0 Å². The number of hydrogen-bond acceptors (Lipinski definition) is 3. The monoisotopic (exact) mass is 219 g/mol. The van der Waals surface area contributed by atoms with Crippen LogP contribution in [0.2, 0.25) is 0 Å². The number of likely N-dealkylation sites (tertiary alicyclic amines) is 1. The van der Waals surface area contributed by atoms with Crippen molar-refractivity contribution in [2.75, 3.05) is 18.9 Å². The predicted octanol–water partition coefficient (Wildman–Crippen LogP) is 2.67. The van der Waals surface area contributed by atoms with Gasteiger partial charge in [-0.05, 0) is 44.9 Å². The number of anilines is 1. The van der Waals surface area contributed by atoms with Crippen molar-refractivity contribution >= 4 is 5.82 Å². The van der Waals surface area contributed by atoms with E-state index in [4.69, 9.17) is 0 Å². The van der Waals surface area contributed by atoms with Gasteiger partial charge in [0, 0.05) is 25.3 Å². The van der Waals surface area contributed by atoms with Crippen molar-refractivity contribution in [2.24, 2.45) is 0 Å². The first-order valence-corrected chi connectivity index (χ1v) is 6.12. The minimum Gasteiger partial charge on any atom is -0.373 e. The van der Waals surface area contributed by atoms with E-state index in [-0.39, 0.29) is 0 Å². The summed E-state index contributed by atoms with van der Waals surface area (Å²) in [5.74, 6) is 0.942. The molecule has 1 aliphatic heterocycles. The lowest BCUT2D eigenvalue weighted by Crippen LogP contribution is -2.30. The minimum atomic E-state index is 0.568. The zero-order valence-electron chi connectivity index (χ0n) is 10.4. The van der Waals surface area contributed by atoms with E-state index in [1.165, 1.54) is 24.9 Å². The maximum Gasteiger partial charge on any atom is 0.125 e. The third kappa shape index (κ3) is 2.19. The average molecular weight is 219 g/mol. The Morgan fingerprint density at radius 3 is 2.81 bits per heavy atom. The largest absolute Gasteiger partial charge is 0.373 e. The Balaban J connectivity index is 2.16. The molecule has 1 N–H and O–H groups in total. The summed E-state index contributed by atoms with van der Waals surface area (Å²) < 4.78 is 0. The molecule has 1 fully saturated rings. The molecule has 1 saturated heterocycles. The normalized spacial score (nSPS) is 21.6. The highest BCUT2D eigenvalue weighted by Gasteiger charge is 2.27. The second-order valence-electron chi connectivity index (χ2n) is 4.72. The van der Waals surface area contributed by atoms with Gasteiger partial charge in [0.1, 0.15) is 5.82 Å². The molecule has 0 unspecified atom stereocenters. The zero-order chi connectivity index (χ0) is 11.5. The summed E-state index contributed by atoms with van der Waals surface area (Å²) >= 11 is 0. The molecule has 2 rings (SSSR count). The van der Waals surface area contributed by atoms with Crippen LogP contribution in [0.25, 0.3) is 0 Å². The number of nitrogens with one attached hydrogen (secondary N) is 1. The van der Waals surface area contributed by atoms with Crippen LogP contribution < -0.4 is 5.32 Å². The Labute approximate surface area is 97.9 Å². The van der Waals surface area contributed by atoms with Gasteiger partial charge in [-0.3, -0.25) is 4.90 Å². The highest BCUT2D eigenvalue weighted by molar-refractivity contribution is 5.35. The fraction of sp³-hybridized carbons (Fsp3) is 0.615. The SMILES string of the molecule is CNc1ccc([C@H]2CCCN2C(C)C)cn1.